The number of nitrogens with one attached hydrogen (secondary N) is 3. The van der Waals surface area contributed by atoms with Crippen LogP contribution in [0, 0.1) is 15.9 Å². The van der Waals surface area contributed by atoms with Crippen LogP contribution >= 0.6 is 0 Å². The summed E-state index contributed by atoms with van der Waals surface area (Å²) >= 11 is 0. The molecule has 3 aromatic carbocycles. The number of imidazole rings is 1. The van der Waals surface area contributed by atoms with Crippen molar-refractivity contribution in [2.75, 3.05) is 10.6 Å². The van der Waals surface area contributed by atoms with E-state index in [2.05, 4.69) is 20.6 Å². The van der Waals surface area contributed by atoms with Crippen molar-refractivity contribution in [2.45, 2.75) is 0 Å². The van der Waals surface area contributed by atoms with Crippen LogP contribution in [0.15, 0.2) is 79.3 Å². The Hall–Kier alpha value is -4.79. The minimum atomic E-state index is -0.514. The molecular formula is C24H16FN5O3. The average molecular weight is 441 g/mol. The fourth-order valence-corrected chi connectivity index (χ4v) is 3.70. The molecule has 9 heteroatoms. The van der Waals surface area contributed by atoms with Crippen LogP contribution in [0.4, 0.5) is 21.5 Å². The number of anilines is 2. The second-order valence-corrected chi connectivity index (χ2v) is 7.35. The van der Waals surface area contributed by atoms with Crippen LogP contribution in [-0.2, 0) is 4.79 Å². The van der Waals surface area contributed by atoms with Crippen molar-refractivity contribution in [2.24, 2.45) is 0 Å². The summed E-state index contributed by atoms with van der Waals surface area (Å²) in [6.45, 7) is 0. The standard InChI is InChI=1S/C24H16FN5O3/c25-16-5-1-15(2-6-16)23(28-17-7-3-14(4-8-17)21-12-26-13-27-21)22-19-11-18(30(32)33)9-10-20(19)29-24(22)31/h1-13,28H,(H,26,27)(H,29,31)/b23-22-. The molecule has 1 amide bonds. The first-order valence-electron chi connectivity index (χ1n) is 9.96. The zero-order valence-corrected chi connectivity index (χ0v) is 17.0. The Kier molecular flexibility index (Phi) is 4.91. The monoisotopic (exact) mass is 441 g/mol. The highest BCUT2D eigenvalue weighted by Crippen LogP contribution is 2.39. The number of aromatic amines is 1. The van der Waals surface area contributed by atoms with Crippen LogP contribution < -0.4 is 10.6 Å². The van der Waals surface area contributed by atoms with Gasteiger partial charge in [0.25, 0.3) is 11.6 Å². The van der Waals surface area contributed by atoms with Gasteiger partial charge in [-0.15, -0.1) is 0 Å². The lowest BCUT2D eigenvalue weighted by Crippen LogP contribution is -2.10. The van der Waals surface area contributed by atoms with Crippen LogP contribution in [0.5, 0.6) is 0 Å². The predicted octanol–water partition coefficient (Wildman–Crippen LogP) is 5.06. The second-order valence-electron chi connectivity index (χ2n) is 7.35. The number of carbonyl (C=O) groups is 1. The average Bonchev–Trinajstić information content (AvgIpc) is 3.46. The van der Waals surface area contributed by atoms with Crippen molar-refractivity contribution >= 4 is 34.2 Å². The number of nitrogens with zero attached hydrogens (tertiary/aromatic N) is 2. The Bertz CT molecular complexity index is 1400. The minimum absolute atomic E-state index is 0.135. The summed E-state index contributed by atoms with van der Waals surface area (Å²) < 4.78 is 13.6. The third-order valence-corrected chi connectivity index (χ3v) is 5.29. The van der Waals surface area contributed by atoms with Gasteiger partial charge in [-0.1, -0.05) is 12.1 Å². The molecular weight excluding hydrogens is 425 g/mol. The number of benzene rings is 3. The largest absolute Gasteiger partial charge is 0.354 e. The molecule has 5 rings (SSSR count). The number of amides is 1. The quantitative estimate of drug-likeness (QED) is 0.228. The predicted molar refractivity (Wildman–Crippen MR) is 123 cm³/mol. The van der Waals surface area contributed by atoms with Crippen LogP contribution in [0.3, 0.4) is 0 Å². The van der Waals surface area contributed by atoms with Crippen LogP contribution in [0.25, 0.3) is 22.5 Å². The molecule has 0 atom stereocenters. The van der Waals surface area contributed by atoms with Gasteiger partial charge in [-0.05, 0) is 48.0 Å². The zero-order chi connectivity index (χ0) is 22.9. The first-order chi connectivity index (χ1) is 16.0. The molecule has 162 valence electrons. The van der Waals surface area contributed by atoms with Gasteiger partial charge in [-0.25, -0.2) is 9.37 Å². The summed E-state index contributed by atoms with van der Waals surface area (Å²) in [4.78, 5) is 30.9. The van der Waals surface area contributed by atoms with Crippen molar-refractivity contribution in [3.63, 3.8) is 0 Å². The van der Waals surface area contributed by atoms with Gasteiger partial charge < -0.3 is 15.6 Å². The number of fused-ring (bicyclic) bond motifs is 1. The Morgan fingerprint density at radius 3 is 2.45 bits per heavy atom. The lowest BCUT2D eigenvalue weighted by atomic mass is 9.99. The van der Waals surface area contributed by atoms with Gasteiger partial charge in [0.2, 0.25) is 0 Å². The van der Waals surface area contributed by atoms with Crippen molar-refractivity contribution in [1.29, 1.82) is 0 Å². The van der Waals surface area contributed by atoms with Gasteiger partial charge in [0.1, 0.15) is 5.82 Å². The lowest BCUT2D eigenvalue weighted by Gasteiger charge is -2.15. The number of H-pyrrole nitrogens is 1. The number of nitro groups is 1. The maximum atomic E-state index is 13.6. The molecule has 1 aliphatic rings. The molecule has 4 aromatic rings. The SMILES string of the molecule is O=C1Nc2ccc([N+](=O)[O-])cc2/C1=C(/Nc1ccc(-c2c[nH]cn2)cc1)c1ccc(F)cc1. The van der Waals surface area contributed by atoms with Crippen LogP contribution in [0.2, 0.25) is 0 Å². The molecule has 3 N–H and O–H groups in total. The van der Waals surface area contributed by atoms with E-state index in [1.165, 1.54) is 30.3 Å². The first kappa shape index (κ1) is 20.1. The van der Waals surface area contributed by atoms with Crippen molar-refractivity contribution in [3.8, 4) is 11.3 Å². The molecule has 1 aromatic heterocycles. The number of hydrogen-bond donors (Lipinski definition) is 3. The van der Waals surface area contributed by atoms with Crippen molar-refractivity contribution in [1.82, 2.24) is 9.97 Å². The topological polar surface area (TPSA) is 113 Å². The molecule has 0 unspecified atom stereocenters. The summed E-state index contributed by atoms with van der Waals surface area (Å²) in [5.74, 6) is -0.830. The Morgan fingerprint density at radius 1 is 1.03 bits per heavy atom. The summed E-state index contributed by atoms with van der Waals surface area (Å²) in [6.07, 6.45) is 3.37. The fourth-order valence-electron chi connectivity index (χ4n) is 3.70. The number of rotatable bonds is 5. The van der Waals surface area contributed by atoms with Crippen molar-refractivity contribution < 1.29 is 14.1 Å². The third-order valence-electron chi connectivity index (χ3n) is 5.29. The summed E-state index contributed by atoms with van der Waals surface area (Å²) in [5, 5.41) is 17.3. The van der Waals surface area contributed by atoms with E-state index in [4.69, 9.17) is 0 Å². The maximum absolute atomic E-state index is 13.6. The molecule has 1 aliphatic heterocycles. The molecule has 8 nitrogen and oxygen atoms in total. The van der Waals surface area contributed by atoms with Gasteiger partial charge in [0.15, 0.2) is 0 Å². The molecule has 0 saturated heterocycles. The van der Waals surface area contributed by atoms with Gasteiger partial charge in [-0.3, -0.25) is 14.9 Å². The molecule has 0 aliphatic carbocycles. The number of carbonyl (C=O) groups excluding carboxylic acids is 1. The van der Waals surface area contributed by atoms with Gasteiger partial charge in [-0.2, -0.15) is 0 Å². The highest BCUT2D eigenvalue weighted by molar-refractivity contribution is 6.37. The minimum Gasteiger partial charge on any atom is -0.354 e. The molecule has 2 heterocycles. The highest BCUT2D eigenvalue weighted by Gasteiger charge is 2.30. The number of hydrogen-bond acceptors (Lipinski definition) is 5. The van der Waals surface area contributed by atoms with Gasteiger partial charge in [0.05, 0.1) is 28.2 Å². The molecule has 0 saturated carbocycles. The number of non-ortho nitro benzene ring substituents is 1. The van der Waals surface area contributed by atoms with E-state index in [9.17, 15) is 19.3 Å². The summed E-state index contributed by atoms with van der Waals surface area (Å²) in [7, 11) is 0. The van der Waals surface area contributed by atoms with Crippen LogP contribution in [0.1, 0.15) is 11.1 Å². The van der Waals surface area contributed by atoms with E-state index < -0.39 is 16.6 Å². The van der Waals surface area contributed by atoms with E-state index in [1.54, 1.807) is 24.7 Å². The Balaban J connectivity index is 1.62. The third kappa shape index (κ3) is 3.83. The molecule has 0 fully saturated rings. The van der Waals surface area contributed by atoms with E-state index in [0.717, 1.165) is 11.3 Å². The smallest absolute Gasteiger partial charge is 0.270 e. The zero-order valence-electron chi connectivity index (χ0n) is 17.0. The normalized spacial score (nSPS) is 13.9. The first-order valence-corrected chi connectivity index (χ1v) is 9.96. The summed E-state index contributed by atoms with van der Waals surface area (Å²) in [6, 6.07) is 17.3. The Labute approximate surface area is 187 Å². The number of halogens is 1. The van der Waals surface area contributed by atoms with E-state index in [-0.39, 0.29) is 11.3 Å². The summed E-state index contributed by atoms with van der Waals surface area (Å²) in [5.41, 5.74) is 4.28. The molecule has 0 spiro atoms. The highest BCUT2D eigenvalue weighted by atomic mass is 19.1. The number of aromatic nitrogens is 2. The van der Waals surface area contributed by atoms with Crippen molar-refractivity contribution in [3.05, 3.63) is 106 Å². The Morgan fingerprint density at radius 2 is 1.79 bits per heavy atom. The van der Waals surface area contributed by atoms with Gasteiger partial charge in [0, 0.05) is 40.8 Å². The second kappa shape index (κ2) is 8.04. The van der Waals surface area contributed by atoms with E-state index >= 15 is 0 Å². The van der Waals surface area contributed by atoms with Crippen LogP contribution in [-0.4, -0.2) is 20.8 Å². The fraction of sp³-hybridized carbons (Fsp3) is 0. The molecule has 0 radical (unpaired) electrons. The molecule has 33 heavy (non-hydrogen) atoms. The molecule has 0 bridgehead atoms. The van der Waals surface area contributed by atoms with Gasteiger partial charge >= 0.3 is 0 Å². The lowest BCUT2D eigenvalue weighted by molar-refractivity contribution is -0.384. The number of nitro benzene ring substituents is 1. The van der Waals surface area contributed by atoms with E-state index in [1.807, 2.05) is 24.3 Å². The van der Waals surface area contributed by atoms with E-state index in [0.29, 0.717) is 28.2 Å². The maximum Gasteiger partial charge on any atom is 0.270 e.